The molecule has 0 aliphatic carbocycles. The molecule has 0 spiro atoms. The molecule has 0 bridgehead atoms. The molecule has 3 rings (SSSR count). The van der Waals surface area contributed by atoms with Crippen molar-refractivity contribution < 1.29 is 27.9 Å². The number of nitrogens with zero attached hydrogens (tertiary/aromatic N) is 2. The van der Waals surface area contributed by atoms with Crippen LogP contribution >= 0.6 is 11.5 Å². The van der Waals surface area contributed by atoms with Crippen LogP contribution in [0.15, 0.2) is 40.8 Å². The minimum Gasteiger partial charge on any atom is -0.464 e. The Labute approximate surface area is 192 Å². The van der Waals surface area contributed by atoms with Crippen molar-refractivity contribution in [3.05, 3.63) is 64.3 Å². The summed E-state index contributed by atoms with van der Waals surface area (Å²) < 4.78 is 28.6. The number of hydrogen-bond acceptors (Lipinski definition) is 8. The lowest BCUT2D eigenvalue weighted by molar-refractivity contribution is -0.123. The Morgan fingerprint density at radius 1 is 1.30 bits per heavy atom. The van der Waals surface area contributed by atoms with Gasteiger partial charge in [-0.1, -0.05) is 6.07 Å². The average Bonchev–Trinajstić information content (AvgIpc) is 3.37. The Morgan fingerprint density at radius 2 is 2.06 bits per heavy atom. The van der Waals surface area contributed by atoms with E-state index in [2.05, 4.69) is 9.69 Å². The van der Waals surface area contributed by atoms with Crippen molar-refractivity contribution in [2.75, 3.05) is 30.9 Å². The van der Waals surface area contributed by atoms with Crippen LogP contribution in [0, 0.1) is 12.7 Å². The maximum Gasteiger partial charge on any atom is 0.273 e. The highest BCUT2D eigenvalue weighted by atomic mass is 32.1. The van der Waals surface area contributed by atoms with Gasteiger partial charge in [-0.2, -0.15) is 4.37 Å². The third kappa shape index (κ3) is 5.18. The van der Waals surface area contributed by atoms with Gasteiger partial charge in [-0.05, 0) is 48.8 Å². The number of amides is 3. The summed E-state index contributed by atoms with van der Waals surface area (Å²) in [6.07, 6.45) is 0. The average molecular weight is 476 g/mol. The van der Waals surface area contributed by atoms with Crippen LogP contribution in [0.2, 0.25) is 0 Å². The molecule has 0 saturated carbocycles. The van der Waals surface area contributed by atoms with E-state index < -0.39 is 29.6 Å². The summed E-state index contributed by atoms with van der Waals surface area (Å²) in [5.41, 5.74) is 10.8. The molecule has 3 amide bonds. The van der Waals surface area contributed by atoms with Crippen molar-refractivity contribution in [1.82, 2.24) is 9.69 Å². The zero-order valence-corrected chi connectivity index (χ0v) is 18.6. The van der Waals surface area contributed by atoms with Gasteiger partial charge in [-0.25, -0.2) is 4.39 Å². The van der Waals surface area contributed by atoms with Crippen molar-refractivity contribution in [2.24, 2.45) is 5.73 Å². The Balaban J connectivity index is 2.15. The Kier molecular flexibility index (Phi) is 7.41. The van der Waals surface area contributed by atoms with Crippen molar-refractivity contribution in [2.45, 2.75) is 13.0 Å². The maximum absolute atomic E-state index is 14.1. The number of carbonyl (C=O) groups excluding carboxylic acids is 3. The number of aryl methyl sites for hydroxylation is 1. The normalized spacial score (nSPS) is 11.7. The number of ether oxygens (including phenoxy) is 1. The van der Waals surface area contributed by atoms with E-state index in [0.29, 0.717) is 17.3 Å². The summed E-state index contributed by atoms with van der Waals surface area (Å²) in [5, 5.41) is 2.67. The molecule has 1 atom stereocenters. The molecule has 10 nitrogen and oxygen atoms in total. The van der Waals surface area contributed by atoms with Gasteiger partial charge in [-0.15, -0.1) is 0 Å². The van der Waals surface area contributed by atoms with Crippen LogP contribution in [0.25, 0.3) is 0 Å². The number of nitrogens with two attached hydrogens (primary N) is 2. The fraction of sp³-hybridized carbons (Fsp3) is 0.238. The van der Waals surface area contributed by atoms with E-state index in [4.69, 9.17) is 20.6 Å². The van der Waals surface area contributed by atoms with E-state index in [1.54, 1.807) is 19.1 Å². The fourth-order valence-electron chi connectivity index (χ4n) is 3.10. The summed E-state index contributed by atoms with van der Waals surface area (Å²) in [6.45, 7) is 2.07. The number of furan rings is 1. The lowest BCUT2D eigenvalue weighted by atomic mass is 10.1. The predicted molar refractivity (Wildman–Crippen MR) is 119 cm³/mol. The molecular formula is C21H22FN5O5S. The van der Waals surface area contributed by atoms with Gasteiger partial charge in [-0.3, -0.25) is 19.3 Å². The topological polar surface area (TPSA) is 154 Å². The second-order valence-electron chi connectivity index (χ2n) is 6.93. The van der Waals surface area contributed by atoms with Crippen LogP contribution in [0.4, 0.5) is 15.8 Å². The predicted octanol–water partition coefficient (Wildman–Crippen LogP) is 2.02. The highest BCUT2D eigenvalue weighted by Gasteiger charge is 2.37. The first-order valence-electron chi connectivity index (χ1n) is 9.71. The number of primary amides is 1. The molecule has 0 aliphatic rings. The van der Waals surface area contributed by atoms with E-state index in [0.717, 1.165) is 11.0 Å². The molecule has 2 heterocycles. The fourth-order valence-corrected chi connectivity index (χ4v) is 3.84. The molecule has 1 aromatic carbocycles. The third-order valence-corrected chi connectivity index (χ3v) is 5.45. The first-order valence-corrected chi connectivity index (χ1v) is 10.5. The lowest BCUT2D eigenvalue weighted by Gasteiger charge is -2.29. The lowest BCUT2D eigenvalue weighted by Crippen LogP contribution is -2.44. The van der Waals surface area contributed by atoms with Crippen molar-refractivity contribution >= 4 is 40.6 Å². The van der Waals surface area contributed by atoms with Gasteiger partial charge in [0.25, 0.3) is 17.7 Å². The molecule has 0 aliphatic heterocycles. The van der Waals surface area contributed by atoms with Gasteiger partial charge in [0.1, 0.15) is 22.2 Å². The number of rotatable bonds is 9. The summed E-state index contributed by atoms with van der Waals surface area (Å²) >= 11 is 0.648. The van der Waals surface area contributed by atoms with Crippen LogP contribution in [0.5, 0.6) is 0 Å². The van der Waals surface area contributed by atoms with E-state index in [9.17, 15) is 18.8 Å². The Morgan fingerprint density at radius 3 is 2.64 bits per heavy atom. The zero-order chi connectivity index (χ0) is 24.1. The standard InChI is InChI=1S/C21H22FN5O5S/c1-11-6-7-14(32-11)17(20(29)25-8-9-31-2)27(13-5-3-4-12(22)10-13)21(30)18-15(23)16(19(24)28)26-33-18/h3-7,10,17H,8-9,23H2,1-2H3,(H2,24,28)(H,25,29)/t17-/m1/s1. The van der Waals surface area contributed by atoms with Crippen molar-refractivity contribution in [3.63, 3.8) is 0 Å². The van der Waals surface area contributed by atoms with Gasteiger partial charge >= 0.3 is 0 Å². The number of carbonyl (C=O) groups is 3. The maximum atomic E-state index is 14.1. The molecule has 12 heteroatoms. The minimum atomic E-state index is -1.33. The van der Waals surface area contributed by atoms with Crippen LogP contribution < -0.4 is 21.7 Å². The number of methoxy groups -OCH3 is 1. The minimum absolute atomic E-state index is 0.0642. The quantitative estimate of drug-likeness (QED) is 0.400. The Hall–Kier alpha value is -3.77. The molecule has 33 heavy (non-hydrogen) atoms. The molecule has 3 aromatic rings. The monoisotopic (exact) mass is 475 g/mol. The molecule has 2 aromatic heterocycles. The van der Waals surface area contributed by atoms with Crippen LogP contribution in [-0.4, -0.2) is 42.4 Å². The third-order valence-electron chi connectivity index (χ3n) is 4.60. The van der Waals surface area contributed by atoms with E-state index in [1.807, 2.05) is 0 Å². The van der Waals surface area contributed by atoms with E-state index >= 15 is 0 Å². The van der Waals surface area contributed by atoms with Gasteiger partial charge in [0.15, 0.2) is 11.7 Å². The number of aromatic nitrogens is 1. The Bertz CT molecular complexity index is 1180. The number of halogens is 1. The number of nitrogens with one attached hydrogen (secondary N) is 1. The molecule has 174 valence electrons. The highest BCUT2D eigenvalue weighted by molar-refractivity contribution is 7.09. The molecule has 5 N–H and O–H groups in total. The number of nitrogen functional groups attached to an aromatic ring is 1. The smallest absolute Gasteiger partial charge is 0.273 e. The van der Waals surface area contributed by atoms with Crippen molar-refractivity contribution in [3.8, 4) is 0 Å². The van der Waals surface area contributed by atoms with E-state index in [1.165, 1.54) is 25.3 Å². The largest absolute Gasteiger partial charge is 0.464 e. The van der Waals surface area contributed by atoms with Gasteiger partial charge in [0, 0.05) is 19.3 Å². The first kappa shape index (κ1) is 23.9. The summed E-state index contributed by atoms with van der Waals surface area (Å²) in [5.74, 6) is -2.29. The van der Waals surface area contributed by atoms with Gasteiger partial charge < -0.3 is 25.9 Å². The molecule has 0 unspecified atom stereocenters. The summed E-state index contributed by atoms with van der Waals surface area (Å²) in [6, 6.07) is 6.98. The summed E-state index contributed by atoms with van der Waals surface area (Å²) in [4.78, 5) is 39.4. The number of benzene rings is 1. The number of hydrogen-bond donors (Lipinski definition) is 3. The first-order chi connectivity index (χ1) is 15.7. The van der Waals surface area contributed by atoms with Gasteiger partial charge in [0.2, 0.25) is 0 Å². The molecule has 0 radical (unpaired) electrons. The highest BCUT2D eigenvalue weighted by Crippen LogP contribution is 2.34. The zero-order valence-electron chi connectivity index (χ0n) is 17.8. The molecule has 0 fully saturated rings. The van der Waals surface area contributed by atoms with Crippen LogP contribution in [0.1, 0.15) is 37.7 Å². The van der Waals surface area contributed by atoms with Gasteiger partial charge in [0.05, 0.1) is 12.3 Å². The SMILES string of the molecule is COCCNC(=O)[C@@H](c1ccc(C)o1)N(C(=O)c1snc(C(N)=O)c1N)c1cccc(F)c1. The van der Waals surface area contributed by atoms with Crippen LogP contribution in [0.3, 0.4) is 0 Å². The molecule has 0 saturated heterocycles. The van der Waals surface area contributed by atoms with Crippen molar-refractivity contribution in [1.29, 1.82) is 0 Å². The van der Waals surface area contributed by atoms with E-state index in [-0.39, 0.29) is 40.9 Å². The van der Waals surface area contributed by atoms with Crippen LogP contribution in [-0.2, 0) is 9.53 Å². The molecular weight excluding hydrogens is 453 g/mol. The second kappa shape index (κ2) is 10.2. The second-order valence-corrected chi connectivity index (χ2v) is 7.70. The number of anilines is 2. The summed E-state index contributed by atoms with van der Waals surface area (Å²) in [7, 11) is 1.48.